The van der Waals surface area contributed by atoms with Crippen LogP contribution in [0.1, 0.15) is 23.2 Å². The van der Waals surface area contributed by atoms with Crippen LogP contribution in [0.2, 0.25) is 0 Å². The molecule has 0 aromatic carbocycles. The first kappa shape index (κ1) is 15.4. The number of hydrogen-bond donors (Lipinski definition) is 0. The van der Waals surface area contributed by atoms with Crippen LogP contribution >= 0.6 is 27.3 Å². The van der Waals surface area contributed by atoms with Crippen LogP contribution in [-0.2, 0) is 12.7 Å². The van der Waals surface area contributed by atoms with Crippen LogP contribution in [0.25, 0.3) is 0 Å². The second-order valence-electron chi connectivity index (χ2n) is 3.51. The number of aromatic nitrogens is 1. The Bertz CT molecular complexity index is 439. The molecule has 1 heterocycles. The van der Waals surface area contributed by atoms with Crippen molar-refractivity contribution in [1.29, 1.82) is 5.26 Å². The molecule has 0 radical (unpaired) electrons. The molecule has 100 valence electrons. The van der Waals surface area contributed by atoms with Crippen LogP contribution in [-0.4, -0.2) is 23.0 Å². The molecule has 0 aliphatic carbocycles. The van der Waals surface area contributed by atoms with E-state index in [1.165, 1.54) is 0 Å². The minimum atomic E-state index is -4.41. The zero-order valence-corrected chi connectivity index (χ0v) is 12.0. The van der Waals surface area contributed by atoms with Crippen molar-refractivity contribution >= 4 is 27.3 Å². The van der Waals surface area contributed by atoms with Crippen molar-refractivity contribution in [3.63, 3.8) is 0 Å². The van der Waals surface area contributed by atoms with Crippen LogP contribution in [0.4, 0.5) is 13.2 Å². The van der Waals surface area contributed by atoms with E-state index in [1.54, 1.807) is 0 Å². The molecular weight excluding hydrogens is 331 g/mol. The van der Waals surface area contributed by atoms with E-state index < -0.39 is 11.2 Å². The van der Waals surface area contributed by atoms with E-state index in [4.69, 9.17) is 5.26 Å². The Hall–Kier alpha value is -0.650. The predicted molar refractivity (Wildman–Crippen MR) is 66.0 cm³/mol. The van der Waals surface area contributed by atoms with Crippen LogP contribution < -0.4 is 0 Å². The van der Waals surface area contributed by atoms with Gasteiger partial charge in [-0.15, -0.1) is 11.3 Å². The molecule has 0 N–H and O–H groups in total. The summed E-state index contributed by atoms with van der Waals surface area (Å²) in [6, 6.07) is 2.02. The summed E-state index contributed by atoms with van der Waals surface area (Å²) in [5, 5.41) is 7.65. The second kappa shape index (κ2) is 6.50. The first-order chi connectivity index (χ1) is 8.38. The summed E-state index contributed by atoms with van der Waals surface area (Å²) in [4.78, 5) is 5.90. The fourth-order valence-corrected chi connectivity index (χ4v) is 2.84. The van der Waals surface area contributed by atoms with Gasteiger partial charge in [-0.2, -0.15) is 18.4 Å². The molecule has 0 saturated heterocycles. The summed E-state index contributed by atoms with van der Waals surface area (Å²) in [5.74, 6) is 0. The summed E-state index contributed by atoms with van der Waals surface area (Å²) in [7, 11) is 0. The number of thiazole rings is 1. The van der Waals surface area contributed by atoms with Crippen molar-refractivity contribution in [3.8, 4) is 6.07 Å². The molecule has 0 bridgehead atoms. The summed E-state index contributed by atoms with van der Waals surface area (Å²) >= 11 is 3.68. The van der Waals surface area contributed by atoms with Crippen molar-refractivity contribution in [2.24, 2.45) is 0 Å². The van der Waals surface area contributed by atoms with Gasteiger partial charge in [0, 0.05) is 19.5 Å². The Morgan fingerprint density at radius 3 is 2.61 bits per heavy atom. The van der Waals surface area contributed by atoms with Crippen LogP contribution in [0.15, 0.2) is 4.60 Å². The van der Waals surface area contributed by atoms with E-state index in [-0.39, 0.29) is 4.60 Å². The van der Waals surface area contributed by atoms with Gasteiger partial charge in [-0.1, -0.05) is 6.92 Å². The Balaban J connectivity index is 2.78. The van der Waals surface area contributed by atoms with E-state index >= 15 is 0 Å². The van der Waals surface area contributed by atoms with Crippen LogP contribution in [0.5, 0.6) is 0 Å². The lowest BCUT2D eigenvalue weighted by Crippen LogP contribution is -2.23. The minimum absolute atomic E-state index is 0.232. The van der Waals surface area contributed by atoms with Crippen molar-refractivity contribution in [2.75, 3.05) is 13.1 Å². The van der Waals surface area contributed by atoms with Gasteiger partial charge >= 0.3 is 6.18 Å². The third-order valence-corrected chi connectivity index (χ3v) is 4.25. The van der Waals surface area contributed by atoms with Crippen molar-refractivity contribution in [1.82, 2.24) is 9.88 Å². The highest BCUT2D eigenvalue weighted by Gasteiger charge is 2.35. The second-order valence-corrected chi connectivity index (χ2v) is 5.34. The molecule has 1 aromatic rings. The minimum Gasteiger partial charge on any atom is -0.297 e. The van der Waals surface area contributed by atoms with E-state index in [0.29, 0.717) is 42.3 Å². The number of hydrogen-bond acceptors (Lipinski definition) is 4. The Morgan fingerprint density at radius 1 is 1.50 bits per heavy atom. The first-order valence-corrected chi connectivity index (χ1v) is 6.81. The smallest absolute Gasteiger partial charge is 0.297 e. The van der Waals surface area contributed by atoms with Gasteiger partial charge in [0.2, 0.25) is 0 Å². The van der Waals surface area contributed by atoms with Gasteiger partial charge in [-0.05, 0) is 22.5 Å². The molecule has 1 aromatic heterocycles. The summed E-state index contributed by atoms with van der Waals surface area (Å²) < 4.78 is 37.7. The average Bonchev–Trinajstić information content (AvgIpc) is 2.66. The molecule has 0 aliphatic heterocycles. The molecule has 3 nitrogen and oxygen atoms in total. The lowest BCUT2D eigenvalue weighted by Gasteiger charge is -2.17. The van der Waals surface area contributed by atoms with Crippen molar-refractivity contribution < 1.29 is 13.2 Å². The monoisotopic (exact) mass is 341 g/mol. The molecular formula is C10H11BrF3N3S. The maximum atomic E-state index is 12.5. The highest BCUT2D eigenvalue weighted by molar-refractivity contribution is 9.10. The van der Waals surface area contributed by atoms with E-state index in [1.807, 2.05) is 17.9 Å². The van der Waals surface area contributed by atoms with E-state index in [9.17, 15) is 13.2 Å². The quantitative estimate of drug-likeness (QED) is 0.820. The first-order valence-electron chi connectivity index (χ1n) is 5.20. The number of alkyl halides is 3. The highest BCUT2D eigenvalue weighted by atomic mass is 79.9. The Morgan fingerprint density at radius 2 is 2.17 bits per heavy atom. The zero-order valence-electron chi connectivity index (χ0n) is 9.59. The third-order valence-electron chi connectivity index (χ3n) is 2.25. The van der Waals surface area contributed by atoms with Gasteiger partial charge in [-0.25, -0.2) is 4.98 Å². The lowest BCUT2D eigenvalue weighted by atomic mass is 10.4. The van der Waals surface area contributed by atoms with Gasteiger partial charge in [0.15, 0.2) is 5.01 Å². The summed E-state index contributed by atoms with van der Waals surface area (Å²) in [5.41, 5.74) is 0. The molecule has 0 atom stereocenters. The largest absolute Gasteiger partial charge is 0.443 e. The number of nitriles is 1. The highest BCUT2D eigenvalue weighted by Crippen LogP contribution is 2.36. The van der Waals surface area contributed by atoms with Gasteiger partial charge in [0.1, 0.15) is 4.60 Å². The number of rotatable bonds is 5. The molecule has 0 fully saturated rings. The fourth-order valence-electron chi connectivity index (χ4n) is 1.31. The summed E-state index contributed by atoms with van der Waals surface area (Å²) in [6.07, 6.45) is -4.05. The van der Waals surface area contributed by atoms with Gasteiger partial charge in [0.25, 0.3) is 0 Å². The standard InChI is InChI=1S/C10H11BrF3N3S/c1-2-17(5-3-4-15)6-7-8(11)16-9(18-7)10(12,13)14/h2-3,5-6H2,1H3. The summed E-state index contributed by atoms with van der Waals surface area (Å²) in [6.45, 7) is 3.48. The third kappa shape index (κ3) is 4.23. The maximum Gasteiger partial charge on any atom is 0.443 e. The molecule has 0 unspecified atom stereocenters. The molecule has 18 heavy (non-hydrogen) atoms. The van der Waals surface area contributed by atoms with Crippen molar-refractivity contribution in [3.05, 3.63) is 14.5 Å². The van der Waals surface area contributed by atoms with Crippen LogP contribution in [0.3, 0.4) is 0 Å². The van der Waals surface area contributed by atoms with Gasteiger partial charge in [-0.3, -0.25) is 4.90 Å². The Labute approximate surface area is 115 Å². The van der Waals surface area contributed by atoms with E-state index in [0.717, 1.165) is 0 Å². The molecule has 0 spiro atoms. The number of halogens is 4. The predicted octanol–water partition coefficient (Wildman–Crippen LogP) is 3.66. The lowest BCUT2D eigenvalue weighted by molar-refractivity contribution is -0.137. The molecule has 8 heteroatoms. The zero-order chi connectivity index (χ0) is 13.8. The SMILES string of the molecule is CCN(CCC#N)Cc1sc(C(F)(F)F)nc1Br. The fraction of sp³-hybridized carbons (Fsp3) is 0.600. The van der Waals surface area contributed by atoms with Crippen LogP contribution in [0, 0.1) is 11.3 Å². The molecule has 0 saturated carbocycles. The molecule has 0 aliphatic rings. The average molecular weight is 342 g/mol. The molecule has 0 amide bonds. The van der Waals surface area contributed by atoms with E-state index in [2.05, 4.69) is 20.9 Å². The molecule has 1 rings (SSSR count). The Kier molecular flexibility index (Phi) is 5.56. The topological polar surface area (TPSA) is 39.9 Å². The maximum absolute atomic E-state index is 12.5. The number of nitrogens with zero attached hydrogens (tertiary/aromatic N) is 3. The normalized spacial score (nSPS) is 11.8. The van der Waals surface area contributed by atoms with Gasteiger partial charge in [0.05, 0.1) is 10.9 Å². The van der Waals surface area contributed by atoms with Crippen molar-refractivity contribution in [2.45, 2.75) is 26.1 Å². The van der Waals surface area contributed by atoms with Gasteiger partial charge < -0.3 is 0 Å².